The van der Waals surface area contributed by atoms with Crippen molar-refractivity contribution < 1.29 is 28.7 Å². The summed E-state index contributed by atoms with van der Waals surface area (Å²) in [6.07, 6.45) is 13.1. The molecule has 6 heterocycles. The number of ether oxygens (including phenoxy) is 2. The minimum Gasteiger partial charge on any atom is -0.497 e. The van der Waals surface area contributed by atoms with Crippen LogP contribution in [0, 0.1) is 5.92 Å². The van der Waals surface area contributed by atoms with Gasteiger partial charge in [0.2, 0.25) is 11.8 Å². The minimum absolute atomic E-state index is 0.0189. The molecule has 5 N–H and O–H groups in total. The lowest BCUT2D eigenvalue weighted by Gasteiger charge is -2.36. The van der Waals surface area contributed by atoms with Crippen LogP contribution in [0.5, 0.6) is 11.5 Å². The number of likely N-dealkylation sites (tertiary alicyclic amines) is 1. The molecule has 20 nitrogen and oxygen atoms in total. The molecule has 418 valence electrons. The number of aromatic nitrogens is 6. The molecule has 2 atom stereocenters. The molecule has 3 aliphatic rings. The van der Waals surface area contributed by atoms with Crippen LogP contribution in [0.2, 0.25) is 0 Å². The van der Waals surface area contributed by atoms with Crippen LogP contribution in [0.4, 0.5) is 5.69 Å². The van der Waals surface area contributed by atoms with Crippen molar-refractivity contribution in [2.24, 2.45) is 5.92 Å². The number of benzene rings is 2. The van der Waals surface area contributed by atoms with Gasteiger partial charge in [0.1, 0.15) is 23.2 Å². The smallest absolute Gasteiger partial charge is 0.269 e. The predicted molar refractivity (Wildman–Crippen MR) is 301 cm³/mol. The summed E-state index contributed by atoms with van der Waals surface area (Å²) in [5, 5.41) is 21.0. The van der Waals surface area contributed by atoms with Gasteiger partial charge >= 0.3 is 0 Å². The topological polar surface area (TPSA) is 234 Å². The van der Waals surface area contributed by atoms with E-state index in [1.807, 2.05) is 85.7 Å². The molecule has 0 spiro atoms. The van der Waals surface area contributed by atoms with Gasteiger partial charge in [-0.05, 0) is 98.5 Å². The maximum absolute atomic E-state index is 14.0. The van der Waals surface area contributed by atoms with Gasteiger partial charge in [-0.2, -0.15) is 0 Å². The van der Waals surface area contributed by atoms with Crippen LogP contribution in [-0.4, -0.2) is 142 Å². The van der Waals surface area contributed by atoms with Gasteiger partial charge in [0.15, 0.2) is 0 Å². The number of carbonyl (C=O) groups excluding carboxylic acids is 4. The van der Waals surface area contributed by atoms with Crippen LogP contribution < -0.4 is 41.2 Å². The number of aryl methyl sites for hydroxylation is 1. The number of nitrogens with one attached hydrogen (secondary N) is 5. The third-order valence-electron chi connectivity index (χ3n) is 15.5. The van der Waals surface area contributed by atoms with Crippen molar-refractivity contribution in [1.82, 2.24) is 61.0 Å². The third-order valence-corrected chi connectivity index (χ3v) is 15.5. The number of pyridine rings is 3. The van der Waals surface area contributed by atoms with Gasteiger partial charge in [-0.1, -0.05) is 49.6 Å². The number of hydrogen-bond acceptors (Lipinski definition) is 14. The molecule has 2 saturated heterocycles. The maximum atomic E-state index is 14.0. The second-order valence-electron chi connectivity index (χ2n) is 20.9. The summed E-state index contributed by atoms with van der Waals surface area (Å²) in [7, 11) is 1.62. The zero-order valence-electron chi connectivity index (χ0n) is 45.8. The van der Waals surface area contributed by atoms with E-state index in [2.05, 4.69) is 56.3 Å². The van der Waals surface area contributed by atoms with E-state index in [-0.39, 0.29) is 47.6 Å². The Balaban J connectivity index is 0.695. The summed E-state index contributed by atoms with van der Waals surface area (Å²) in [6, 6.07) is 20.2. The van der Waals surface area contributed by atoms with E-state index < -0.39 is 6.04 Å². The monoisotopic (exact) mass is 1080 g/mol. The zero-order chi connectivity index (χ0) is 55.1. The molecule has 2 aromatic carbocycles. The predicted octanol–water partition coefficient (Wildman–Crippen LogP) is 5.16. The molecule has 9 rings (SSSR count). The first-order chi connectivity index (χ1) is 38.5. The Labute approximate surface area is 461 Å². The van der Waals surface area contributed by atoms with Crippen LogP contribution >= 0.6 is 0 Å². The molecule has 6 aromatic rings. The molecule has 4 aromatic heterocycles. The number of piperidine rings is 1. The summed E-state index contributed by atoms with van der Waals surface area (Å²) in [4.78, 5) is 85.3. The molecule has 1 aliphatic carbocycles. The number of aromatic amines is 1. The van der Waals surface area contributed by atoms with Crippen LogP contribution in [-0.2, 0) is 42.1 Å². The molecule has 3 fully saturated rings. The van der Waals surface area contributed by atoms with Gasteiger partial charge in [-0.25, -0.2) is 4.98 Å². The average molecular weight is 1080 g/mol. The summed E-state index contributed by atoms with van der Waals surface area (Å²) >= 11 is 0. The van der Waals surface area contributed by atoms with Gasteiger partial charge in [0.25, 0.3) is 17.4 Å². The van der Waals surface area contributed by atoms with E-state index in [1.54, 1.807) is 30.1 Å². The second kappa shape index (κ2) is 27.2. The third kappa shape index (κ3) is 14.9. The summed E-state index contributed by atoms with van der Waals surface area (Å²) in [5.74, 6) is 0.764. The van der Waals surface area contributed by atoms with Gasteiger partial charge in [-0.3, -0.25) is 38.5 Å². The molecule has 0 radical (unpaired) electrons. The fourth-order valence-electron chi connectivity index (χ4n) is 11.0. The standard InChI is InChI=1S/C59H75N13O7/c1-4-41-31-51-52(65-56(41)74)29-40(33-63-51)37-69-25-27-70(28-26-69)48-17-19-50(64-35-48)58(76)62-22-24-72-39-47(67-68-72)20-21-61-59(77)55(42-11-7-6-8-12-42)66-57(75)44-14-9-13-43(30-44)46-15-10-23-71(38-46)54(73)36-60-34-45-16-18-49(78-3)32-53(45)79-5-2/h9,13-14,16-19,29-33,35,39,42,46,55,60H,4-8,10-12,15,20-28,34,36-38H2,1-3H3,(H,61,77)(H,62,76)(H,65,74)(H,66,75)/t46?,55-/m0/s1. The van der Waals surface area contributed by atoms with Crippen molar-refractivity contribution in [2.45, 2.75) is 103 Å². The summed E-state index contributed by atoms with van der Waals surface area (Å²) in [5.41, 5.74) is 7.68. The molecule has 79 heavy (non-hydrogen) atoms. The number of H-pyrrole nitrogens is 1. The van der Waals surface area contributed by atoms with Crippen LogP contribution in [0.1, 0.15) is 114 Å². The highest BCUT2D eigenvalue weighted by molar-refractivity contribution is 5.98. The van der Waals surface area contributed by atoms with E-state index in [4.69, 9.17) is 9.47 Å². The number of amides is 4. The molecule has 2 aliphatic heterocycles. The van der Waals surface area contributed by atoms with Gasteiger partial charge in [0, 0.05) is 113 Å². The first kappa shape index (κ1) is 56.0. The molecule has 20 heteroatoms. The van der Waals surface area contributed by atoms with Crippen molar-refractivity contribution in [3.63, 3.8) is 0 Å². The Morgan fingerprint density at radius 2 is 1.68 bits per heavy atom. The van der Waals surface area contributed by atoms with Crippen molar-refractivity contribution in [3.05, 3.63) is 135 Å². The molecule has 1 unspecified atom stereocenters. The highest BCUT2D eigenvalue weighted by Crippen LogP contribution is 2.30. The van der Waals surface area contributed by atoms with Gasteiger partial charge < -0.3 is 45.5 Å². The number of carbonyl (C=O) groups is 4. The highest BCUT2D eigenvalue weighted by atomic mass is 16.5. The van der Waals surface area contributed by atoms with E-state index >= 15 is 0 Å². The van der Waals surface area contributed by atoms with Crippen molar-refractivity contribution in [2.75, 3.05) is 77.5 Å². The summed E-state index contributed by atoms with van der Waals surface area (Å²) < 4.78 is 12.8. The number of methoxy groups -OCH3 is 1. The first-order valence-corrected chi connectivity index (χ1v) is 28.1. The zero-order valence-corrected chi connectivity index (χ0v) is 45.8. The molecule has 1 saturated carbocycles. The fourth-order valence-corrected chi connectivity index (χ4v) is 11.0. The SMILES string of the molecule is CCOc1cc(OC)ccc1CNCC(=O)N1CCCC(c2cccc(C(=O)N[C@H](C(=O)NCCc3cn(CCNC(=O)c4ccc(N5CCN(Cc6cnc7cc(CC)c(=O)[nH]c7c6)CC5)cn4)nn3)C3CCCCC3)c2)C1. The normalized spacial score (nSPS) is 16.6. The molecular weight excluding hydrogens is 1000 g/mol. The first-order valence-electron chi connectivity index (χ1n) is 28.1. The Hall–Kier alpha value is -7.71. The highest BCUT2D eigenvalue weighted by Gasteiger charge is 2.32. The summed E-state index contributed by atoms with van der Waals surface area (Å²) in [6.45, 7) is 11.4. The lowest BCUT2D eigenvalue weighted by molar-refractivity contribution is -0.131. The molecular formula is C59H75N13O7. The number of hydrogen-bond donors (Lipinski definition) is 5. The van der Waals surface area contributed by atoms with E-state index in [9.17, 15) is 24.0 Å². The average Bonchev–Trinajstić information content (AvgIpc) is 3.94. The lowest BCUT2D eigenvalue weighted by atomic mass is 9.83. The van der Waals surface area contributed by atoms with Crippen LogP contribution in [0.25, 0.3) is 11.0 Å². The molecule has 0 bridgehead atoms. The Kier molecular flexibility index (Phi) is 19.3. The number of anilines is 1. The Morgan fingerprint density at radius 1 is 0.835 bits per heavy atom. The van der Waals surface area contributed by atoms with Crippen molar-refractivity contribution >= 4 is 40.3 Å². The largest absolute Gasteiger partial charge is 0.497 e. The van der Waals surface area contributed by atoms with E-state index in [0.29, 0.717) is 81.4 Å². The van der Waals surface area contributed by atoms with Crippen molar-refractivity contribution in [3.8, 4) is 11.5 Å². The number of nitrogens with zero attached hydrogens (tertiary/aromatic N) is 8. The van der Waals surface area contributed by atoms with Gasteiger partial charge in [-0.15, -0.1) is 5.10 Å². The van der Waals surface area contributed by atoms with Gasteiger partial charge in [0.05, 0.1) is 55.4 Å². The second-order valence-corrected chi connectivity index (χ2v) is 20.9. The maximum Gasteiger partial charge on any atom is 0.269 e. The lowest BCUT2D eigenvalue weighted by Crippen LogP contribution is -2.51. The fraction of sp³-hybridized carbons (Fsp3) is 0.475. The number of piperazine rings is 1. The van der Waals surface area contributed by atoms with Crippen LogP contribution in [0.15, 0.2) is 90.1 Å². The molecule has 4 amide bonds. The quantitative estimate of drug-likeness (QED) is 0.0558. The number of fused-ring (bicyclic) bond motifs is 1. The minimum atomic E-state index is -0.689. The number of rotatable bonds is 23. The van der Waals surface area contributed by atoms with Crippen molar-refractivity contribution in [1.29, 1.82) is 0 Å². The Morgan fingerprint density at radius 3 is 2.47 bits per heavy atom. The van der Waals surface area contributed by atoms with Crippen LogP contribution in [0.3, 0.4) is 0 Å². The van der Waals surface area contributed by atoms with E-state index in [1.165, 1.54) is 0 Å². The van der Waals surface area contributed by atoms with E-state index in [0.717, 1.165) is 122 Å². The Bertz CT molecular complexity index is 3090.